The van der Waals surface area contributed by atoms with Crippen molar-refractivity contribution < 1.29 is 0 Å². The molecule has 0 saturated heterocycles. The van der Waals surface area contributed by atoms with Crippen LogP contribution in [0.2, 0.25) is 19.6 Å². The van der Waals surface area contributed by atoms with E-state index in [1.165, 1.54) is 37.3 Å². The van der Waals surface area contributed by atoms with Gasteiger partial charge in [0.25, 0.3) is 0 Å². The Morgan fingerprint density at radius 2 is 1.74 bits per heavy atom. The van der Waals surface area contributed by atoms with Crippen molar-refractivity contribution in [1.29, 1.82) is 0 Å². The van der Waals surface area contributed by atoms with Gasteiger partial charge in [-0.25, -0.2) is 0 Å². The Morgan fingerprint density at radius 1 is 1.11 bits per heavy atom. The van der Waals surface area contributed by atoms with Crippen LogP contribution in [0, 0.1) is 11.8 Å². The Balaban J connectivity index is 5.21. The fourth-order valence-corrected chi connectivity index (χ4v) is 3.87. The summed E-state index contributed by atoms with van der Waals surface area (Å²) in [5.74, 6) is 6.93. The number of hydrogen-bond acceptors (Lipinski definition) is 0. The first-order valence-corrected chi connectivity index (χ1v) is 11.3. The molecular formula is C18H32Si. The highest BCUT2D eigenvalue weighted by molar-refractivity contribution is 6.84. The first kappa shape index (κ1) is 18.3. The summed E-state index contributed by atoms with van der Waals surface area (Å²) in [6.45, 7) is 15.6. The van der Waals surface area contributed by atoms with E-state index < -0.39 is 8.07 Å². The quantitative estimate of drug-likeness (QED) is 0.217. The van der Waals surface area contributed by atoms with E-state index in [0.717, 1.165) is 12.8 Å². The van der Waals surface area contributed by atoms with Crippen LogP contribution in [0.3, 0.4) is 0 Å². The molecule has 0 unspecified atom stereocenters. The van der Waals surface area contributed by atoms with E-state index in [4.69, 9.17) is 0 Å². The lowest BCUT2D eigenvalue weighted by Gasteiger charge is -2.21. The molecule has 0 aromatic heterocycles. The van der Waals surface area contributed by atoms with Crippen LogP contribution in [0.4, 0.5) is 0 Å². The zero-order chi connectivity index (χ0) is 14.7. The van der Waals surface area contributed by atoms with Gasteiger partial charge in [-0.15, -0.1) is 6.58 Å². The van der Waals surface area contributed by atoms with Crippen molar-refractivity contribution in [3.8, 4) is 11.8 Å². The molecule has 0 aliphatic heterocycles. The van der Waals surface area contributed by atoms with Crippen LogP contribution in [0.5, 0.6) is 0 Å². The van der Waals surface area contributed by atoms with Gasteiger partial charge in [-0.2, -0.15) is 0 Å². The van der Waals surface area contributed by atoms with E-state index in [9.17, 15) is 0 Å². The molecule has 0 bridgehead atoms. The molecular weight excluding hydrogens is 244 g/mol. The second kappa shape index (κ2) is 10.1. The van der Waals surface area contributed by atoms with Crippen molar-refractivity contribution in [3.05, 3.63) is 23.4 Å². The largest absolute Gasteiger partial charge is 0.103 e. The molecule has 0 aliphatic carbocycles. The molecule has 0 nitrogen and oxygen atoms in total. The van der Waals surface area contributed by atoms with Crippen molar-refractivity contribution in [2.75, 3.05) is 0 Å². The van der Waals surface area contributed by atoms with Gasteiger partial charge in [0.2, 0.25) is 0 Å². The molecule has 0 saturated carbocycles. The number of hydrogen-bond donors (Lipinski definition) is 0. The third kappa shape index (κ3) is 8.11. The third-order valence-corrected chi connectivity index (χ3v) is 5.17. The van der Waals surface area contributed by atoms with E-state index >= 15 is 0 Å². The van der Waals surface area contributed by atoms with Crippen LogP contribution in [-0.2, 0) is 0 Å². The molecule has 0 aliphatic rings. The lowest BCUT2D eigenvalue weighted by atomic mass is 10.1. The maximum atomic E-state index is 3.92. The van der Waals surface area contributed by atoms with Crippen LogP contribution >= 0.6 is 0 Å². The molecule has 0 atom stereocenters. The van der Waals surface area contributed by atoms with Gasteiger partial charge in [0.05, 0.1) is 8.07 Å². The van der Waals surface area contributed by atoms with Gasteiger partial charge in [0.1, 0.15) is 0 Å². The first-order valence-electron chi connectivity index (χ1n) is 7.79. The number of allylic oxidation sites excluding steroid dienone is 3. The van der Waals surface area contributed by atoms with E-state index in [-0.39, 0.29) is 0 Å². The van der Waals surface area contributed by atoms with Crippen LogP contribution in [-0.4, -0.2) is 8.07 Å². The average molecular weight is 277 g/mol. The van der Waals surface area contributed by atoms with Gasteiger partial charge in [0.15, 0.2) is 0 Å². The van der Waals surface area contributed by atoms with Gasteiger partial charge >= 0.3 is 0 Å². The molecule has 1 heteroatoms. The maximum Gasteiger partial charge on any atom is 0.0883 e. The van der Waals surface area contributed by atoms with E-state index in [1.807, 2.05) is 6.08 Å². The van der Waals surface area contributed by atoms with E-state index in [2.05, 4.69) is 51.9 Å². The van der Waals surface area contributed by atoms with Gasteiger partial charge in [-0.05, 0) is 30.9 Å². The highest BCUT2D eigenvalue weighted by Crippen LogP contribution is 2.24. The highest BCUT2D eigenvalue weighted by atomic mass is 28.3. The fourth-order valence-electron chi connectivity index (χ4n) is 2.12. The summed E-state index contributed by atoms with van der Waals surface area (Å²) >= 11 is 0. The monoisotopic (exact) mass is 276 g/mol. The Labute approximate surface area is 122 Å². The summed E-state index contributed by atoms with van der Waals surface area (Å²) in [5.41, 5.74) is 1.56. The summed E-state index contributed by atoms with van der Waals surface area (Å²) in [4.78, 5) is 0. The SMILES string of the molecule is C=CC/C(CCCC)=C(\C#CCCCC)[Si](C)(C)C. The van der Waals surface area contributed by atoms with Crippen LogP contribution in [0.25, 0.3) is 0 Å². The van der Waals surface area contributed by atoms with Crippen LogP contribution in [0.15, 0.2) is 23.4 Å². The smallest absolute Gasteiger partial charge is 0.0883 e. The van der Waals surface area contributed by atoms with Crippen LogP contribution < -0.4 is 0 Å². The molecule has 0 rings (SSSR count). The molecule has 0 spiro atoms. The molecule has 108 valence electrons. The Bertz CT molecular complexity index is 344. The molecule has 0 aromatic rings. The second-order valence-corrected chi connectivity index (χ2v) is 11.2. The molecule has 0 heterocycles. The van der Waals surface area contributed by atoms with Crippen LogP contribution in [0.1, 0.15) is 58.8 Å². The van der Waals surface area contributed by atoms with Crippen molar-refractivity contribution >= 4 is 8.07 Å². The Hall–Kier alpha value is -0.743. The fraction of sp³-hybridized carbons (Fsp3) is 0.667. The summed E-state index contributed by atoms with van der Waals surface area (Å²) < 4.78 is 0. The van der Waals surface area contributed by atoms with Gasteiger partial charge in [-0.3, -0.25) is 0 Å². The lowest BCUT2D eigenvalue weighted by molar-refractivity contribution is 0.774. The highest BCUT2D eigenvalue weighted by Gasteiger charge is 2.21. The number of unbranched alkanes of at least 4 members (excludes halogenated alkanes) is 3. The molecule has 0 aromatic carbocycles. The third-order valence-electron chi connectivity index (χ3n) is 3.20. The lowest BCUT2D eigenvalue weighted by Crippen LogP contribution is -2.25. The normalized spacial score (nSPS) is 12.5. The minimum atomic E-state index is -1.34. The van der Waals surface area contributed by atoms with Gasteiger partial charge in [0, 0.05) is 6.42 Å². The standard InChI is InChI=1S/C18H32Si/c1-7-10-12-13-16-18(19(4,5)6)17(14-9-3)15-11-8-2/h9H,3,7-8,10-12,14-15H2,1-2,4-6H3/b18-17-. The Kier molecular flexibility index (Phi) is 9.70. The van der Waals surface area contributed by atoms with Gasteiger partial charge < -0.3 is 0 Å². The molecule has 0 fully saturated rings. The van der Waals surface area contributed by atoms with Gasteiger partial charge in [-0.1, -0.05) is 69.8 Å². The van der Waals surface area contributed by atoms with Crippen molar-refractivity contribution in [2.24, 2.45) is 0 Å². The molecule has 0 amide bonds. The van der Waals surface area contributed by atoms with E-state index in [1.54, 1.807) is 5.57 Å². The summed E-state index contributed by atoms with van der Waals surface area (Å²) in [5, 5.41) is 1.48. The van der Waals surface area contributed by atoms with Crippen molar-refractivity contribution in [2.45, 2.75) is 78.4 Å². The summed E-state index contributed by atoms with van der Waals surface area (Å²) in [7, 11) is -1.34. The predicted molar refractivity (Wildman–Crippen MR) is 92.0 cm³/mol. The molecule has 19 heavy (non-hydrogen) atoms. The summed E-state index contributed by atoms with van der Waals surface area (Å²) in [6.07, 6.45) is 10.3. The second-order valence-electron chi connectivity index (χ2n) is 6.23. The van der Waals surface area contributed by atoms with E-state index in [0.29, 0.717) is 0 Å². The zero-order valence-electron chi connectivity index (χ0n) is 13.7. The predicted octanol–water partition coefficient (Wildman–Crippen LogP) is 6.12. The average Bonchev–Trinajstić information content (AvgIpc) is 2.33. The summed E-state index contributed by atoms with van der Waals surface area (Å²) in [6, 6.07) is 0. The van der Waals surface area contributed by atoms with Crippen molar-refractivity contribution in [1.82, 2.24) is 0 Å². The Morgan fingerprint density at radius 3 is 2.21 bits per heavy atom. The number of rotatable bonds is 8. The van der Waals surface area contributed by atoms with Crippen molar-refractivity contribution in [3.63, 3.8) is 0 Å². The molecule has 0 radical (unpaired) electrons. The molecule has 0 N–H and O–H groups in total. The minimum absolute atomic E-state index is 1.02. The topological polar surface area (TPSA) is 0 Å². The zero-order valence-corrected chi connectivity index (χ0v) is 14.7. The minimum Gasteiger partial charge on any atom is -0.103 e. The maximum absolute atomic E-state index is 3.92. The first-order chi connectivity index (χ1) is 8.97.